The van der Waals surface area contributed by atoms with Crippen molar-refractivity contribution in [3.63, 3.8) is 0 Å². The van der Waals surface area contributed by atoms with E-state index in [1.165, 1.54) is 25.4 Å². The summed E-state index contributed by atoms with van der Waals surface area (Å²) < 4.78 is 19.0. The molecule has 222 valence electrons. The van der Waals surface area contributed by atoms with Gasteiger partial charge in [-0.25, -0.2) is 24.1 Å². The normalized spacial score (nSPS) is 16.9. The molecule has 9 nitrogen and oxygen atoms in total. The van der Waals surface area contributed by atoms with Gasteiger partial charge in [0.1, 0.15) is 17.3 Å². The number of rotatable bonds is 6. The number of nitrogens with one attached hydrogen (secondary N) is 1. The van der Waals surface area contributed by atoms with Gasteiger partial charge in [-0.2, -0.15) is 0 Å². The van der Waals surface area contributed by atoms with Crippen LogP contribution in [-0.2, 0) is 4.74 Å². The van der Waals surface area contributed by atoms with Crippen LogP contribution in [0.25, 0.3) is 0 Å². The quantitative estimate of drug-likeness (QED) is 0.336. The number of aryl methyl sites for hydroxylation is 2. The number of benzene rings is 1. The fourth-order valence-electron chi connectivity index (χ4n) is 6.05. The Labute approximate surface area is 250 Å². The Morgan fingerprint density at radius 2 is 1.86 bits per heavy atom. The van der Waals surface area contributed by atoms with Crippen molar-refractivity contribution in [2.45, 2.75) is 64.8 Å². The first-order chi connectivity index (χ1) is 20.0. The Balaban J connectivity index is 1.38. The molecule has 5 rings (SSSR count). The number of ether oxygens (including phenoxy) is 1. The van der Waals surface area contributed by atoms with E-state index in [0.717, 1.165) is 42.8 Å². The molecule has 0 spiro atoms. The summed E-state index contributed by atoms with van der Waals surface area (Å²) in [6, 6.07) is 6.40. The molecule has 1 saturated heterocycles. The molecule has 0 unspecified atom stereocenters. The predicted molar refractivity (Wildman–Crippen MR) is 160 cm³/mol. The number of pyridine rings is 1. The van der Waals surface area contributed by atoms with E-state index in [-0.39, 0.29) is 16.8 Å². The molecule has 0 atom stereocenters. The molecule has 2 aromatic heterocycles. The van der Waals surface area contributed by atoms with Crippen molar-refractivity contribution in [2.24, 2.45) is 0 Å². The van der Waals surface area contributed by atoms with Crippen LogP contribution in [0.2, 0.25) is 5.02 Å². The first-order valence-corrected chi connectivity index (χ1v) is 14.6. The second-order valence-electron chi connectivity index (χ2n) is 11.7. The smallest absolute Gasteiger partial charge is 0.339 e. The number of carbonyl (C=O) groups is 2. The third-order valence-electron chi connectivity index (χ3n) is 8.19. The van der Waals surface area contributed by atoms with E-state index in [9.17, 15) is 14.0 Å². The summed E-state index contributed by atoms with van der Waals surface area (Å²) in [5.41, 5.74) is 2.88. The van der Waals surface area contributed by atoms with Crippen molar-refractivity contribution in [3.05, 3.63) is 69.5 Å². The highest BCUT2D eigenvalue weighted by atomic mass is 35.5. The summed E-state index contributed by atoms with van der Waals surface area (Å²) in [5.74, 6) is 0.341. The predicted octanol–water partition coefficient (Wildman–Crippen LogP) is 6.21. The number of halogens is 2. The molecule has 1 amide bonds. The number of amides is 1. The molecule has 1 saturated carbocycles. The van der Waals surface area contributed by atoms with Crippen LogP contribution in [0.4, 0.5) is 21.7 Å². The third kappa shape index (κ3) is 5.90. The molecular formula is C31H36ClFN6O3. The maximum atomic E-state index is 14.1. The van der Waals surface area contributed by atoms with E-state index in [4.69, 9.17) is 26.3 Å². The van der Waals surface area contributed by atoms with Crippen LogP contribution < -0.4 is 10.2 Å². The number of nitrogens with zero attached hydrogens (tertiary/aromatic N) is 5. The highest BCUT2D eigenvalue weighted by molar-refractivity contribution is 6.30. The Morgan fingerprint density at radius 1 is 1.12 bits per heavy atom. The van der Waals surface area contributed by atoms with Gasteiger partial charge in [-0.05, 0) is 70.4 Å². The van der Waals surface area contributed by atoms with E-state index in [1.54, 1.807) is 13.0 Å². The Bertz CT molecular complexity index is 1500. The van der Waals surface area contributed by atoms with Crippen LogP contribution >= 0.6 is 11.6 Å². The number of hydrogen-bond acceptors (Lipinski definition) is 8. The number of anilines is 3. The van der Waals surface area contributed by atoms with Gasteiger partial charge in [0, 0.05) is 31.2 Å². The number of aromatic nitrogens is 3. The molecule has 1 aliphatic heterocycles. The van der Waals surface area contributed by atoms with Gasteiger partial charge < -0.3 is 19.9 Å². The van der Waals surface area contributed by atoms with Crippen LogP contribution in [0.1, 0.15) is 83.2 Å². The van der Waals surface area contributed by atoms with Crippen LogP contribution in [-0.4, -0.2) is 64.0 Å². The first kappa shape index (κ1) is 29.7. The lowest BCUT2D eigenvalue weighted by Crippen LogP contribution is -2.61. The lowest BCUT2D eigenvalue weighted by molar-refractivity contribution is 0.0505. The van der Waals surface area contributed by atoms with Crippen molar-refractivity contribution in [1.29, 1.82) is 0 Å². The van der Waals surface area contributed by atoms with Crippen molar-refractivity contribution in [2.75, 3.05) is 37.0 Å². The Kier molecular flexibility index (Phi) is 8.37. The van der Waals surface area contributed by atoms with Gasteiger partial charge in [-0.3, -0.25) is 4.79 Å². The molecule has 11 heteroatoms. The lowest BCUT2D eigenvalue weighted by atomic mass is 9.97. The zero-order valence-corrected chi connectivity index (χ0v) is 25.4. The van der Waals surface area contributed by atoms with Gasteiger partial charge >= 0.3 is 5.97 Å². The minimum absolute atomic E-state index is 0.0468. The van der Waals surface area contributed by atoms with E-state index in [1.807, 2.05) is 31.7 Å². The molecule has 3 aromatic rings. The number of piperazine rings is 1. The molecule has 1 aliphatic carbocycles. The van der Waals surface area contributed by atoms with E-state index < -0.39 is 17.3 Å². The summed E-state index contributed by atoms with van der Waals surface area (Å²) in [6.45, 7) is 9.31. The summed E-state index contributed by atoms with van der Waals surface area (Å²) >= 11 is 5.86. The molecule has 1 aromatic carbocycles. The molecule has 1 N–H and O–H groups in total. The third-order valence-corrected chi connectivity index (χ3v) is 8.49. The van der Waals surface area contributed by atoms with E-state index in [2.05, 4.69) is 15.2 Å². The zero-order valence-electron chi connectivity index (χ0n) is 24.6. The topological polar surface area (TPSA) is 101 Å². The minimum Gasteiger partial charge on any atom is -0.465 e. The average Bonchev–Trinajstić information content (AvgIpc) is 3.49. The second kappa shape index (κ2) is 11.8. The number of esters is 1. The average molecular weight is 595 g/mol. The van der Waals surface area contributed by atoms with E-state index >= 15 is 0 Å². The number of hydrogen-bond donors (Lipinski definition) is 1. The SMILES string of the molecule is COC(=O)c1c(C)cc(N2CCN(C(=O)c3cnc(Nc4ccc(Cl)c(F)c4)c(C4CCCC4)n3)C(C)(C)C2)nc1C. The summed E-state index contributed by atoms with van der Waals surface area (Å²) in [6.07, 6.45) is 5.59. The van der Waals surface area contributed by atoms with Crippen molar-refractivity contribution in [1.82, 2.24) is 19.9 Å². The monoisotopic (exact) mass is 594 g/mol. The minimum atomic E-state index is -0.535. The molecular weight excluding hydrogens is 559 g/mol. The molecule has 3 heterocycles. The van der Waals surface area contributed by atoms with Crippen LogP contribution in [0.5, 0.6) is 0 Å². The summed E-state index contributed by atoms with van der Waals surface area (Å²) in [5, 5.41) is 3.23. The van der Waals surface area contributed by atoms with Gasteiger partial charge in [-0.1, -0.05) is 24.4 Å². The largest absolute Gasteiger partial charge is 0.465 e. The van der Waals surface area contributed by atoms with Crippen LogP contribution in [0, 0.1) is 19.7 Å². The maximum Gasteiger partial charge on any atom is 0.339 e. The highest BCUT2D eigenvalue weighted by Crippen LogP contribution is 2.37. The molecule has 0 radical (unpaired) electrons. The standard InChI is InChI=1S/C31H36ClFN6O3/c1-18-14-25(35-19(2)26(18)30(41)42-5)38-12-13-39(31(3,4)17-38)29(40)24-16-34-28(27(37-24)20-8-6-7-9-20)36-21-10-11-22(32)23(33)15-21/h10-11,14-16,20H,6-9,12-13,17H2,1-5H3,(H,34,36). The fraction of sp³-hybridized carbons (Fsp3) is 0.452. The van der Waals surface area contributed by atoms with Crippen LogP contribution in [0.15, 0.2) is 30.5 Å². The van der Waals surface area contributed by atoms with Gasteiger partial charge in [0.05, 0.1) is 40.8 Å². The van der Waals surface area contributed by atoms with Gasteiger partial charge in [0.15, 0.2) is 5.82 Å². The van der Waals surface area contributed by atoms with Crippen molar-refractivity contribution in [3.8, 4) is 0 Å². The zero-order chi connectivity index (χ0) is 30.2. The molecule has 2 aliphatic rings. The summed E-state index contributed by atoms with van der Waals surface area (Å²) in [7, 11) is 1.36. The van der Waals surface area contributed by atoms with Gasteiger partial charge in [-0.15, -0.1) is 0 Å². The lowest BCUT2D eigenvalue weighted by Gasteiger charge is -2.47. The van der Waals surface area contributed by atoms with Crippen LogP contribution in [0.3, 0.4) is 0 Å². The fourth-order valence-corrected chi connectivity index (χ4v) is 6.16. The van der Waals surface area contributed by atoms with Gasteiger partial charge in [0.25, 0.3) is 5.91 Å². The number of methoxy groups -OCH3 is 1. The Hall–Kier alpha value is -3.79. The summed E-state index contributed by atoms with van der Waals surface area (Å²) in [4.78, 5) is 44.2. The Morgan fingerprint density at radius 3 is 2.50 bits per heavy atom. The maximum absolute atomic E-state index is 14.1. The second-order valence-corrected chi connectivity index (χ2v) is 12.1. The number of carbonyl (C=O) groups excluding carboxylic acids is 2. The van der Waals surface area contributed by atoms with E-state index in [0.29, 0.717) is 48.1 Å². The van der Waals surface area contributed by atoms with Crippen molar-refractivity contribution >= 4 is 40.8 Å². The van der Waals surface area contributed by atoms with Crippen molar-refractivity contribution < 1.29 is 18.7 Å². The molecule has 0 bridgehead atoms. The first-order valence-electron chi connectivity index (χ1n) is 14.2. The van der Waals surface area contributed by atoms with Gasteiger partial charge in [0.2, 0.25) is 0 Å². The highest BCUT2D eigenvalue weighted by Gasteiger charge is 2.39. The molecule has 42 heavy (non-hydrogen) atoms. The molecule has 2 fully saturated rings.